The first kappa shape index (κ1) is 21.0. The van der Waals surface area contributed by atoms with E-state index in [1.807, 2.05) is 0 Å². The lowest BCUT2D eigenvalue weighted by atomic mass is 9.82. The molecule has 0 amide bonds. The number of carbonyl (C=O) groups excluding carboxylic acids is 2. The molecule has 140 valence electrons. The minimum atomic E-state index is -1.27. The Bertz CT molecular complexity index is 549. The summed E-state index contributed by atoms with van der Waals surface area (Å²) in [4.78, 5) is 25.3. The summed E-state index contributed by atoms with van der Waals surface area (Å²) in [6, 6.07) is 6.76. The second kappa shape index (κ2) is 10.7. The second-order valence-electron chi connectivity index (χ2n) is 6.05. The second-order valence-corrected chi connectivity index (χ2v) is 6.05. The first-order valence-electron chi connectivity index (χ1n) is 9.07. The molecule has 1 rings (SSSR count). The highest BCUT2D eigenvalue weighted by atomic mass is 16.6. The van der Waals surface area contributed by atoms with E-state index in [1.165, 1.54) is 0 Å². The van der Waals surface area contributed by atoms with E-state index in [1.54, 1.807) is 45.2 Å². The van der Waals surface area contributed by atoms with E-state index < -0.39 is 17.4 Å². The van der Waals surface area contributed by atoms with Crippen LogP contribution in [0.25, 0.3) is 0 Å². The lowest BCUT2D eigenvalue weighted by Gasteiger charge is -2.26. The standard InChI is InChI=1S/C20H30O5/c1-5-8-9-10-14-24-18(21)20(6-2,7-3)19(22)25-17-13-11-12-16(15-17)23-4/h11-13,15H,5-10,14H2,1-4H3. The van der Waals surface area contributed by atoms with Crippen molar-refractivity contribution < 1.29 is 23.8 Å². The topological polar surface area (TPSA) is 61.8 Å². The van der Waals surface area contributed by atoms with Crippen molar-refractivity contribution in [1.29, 1.82) is 0 Å². The zero-order valence-corrected chi connectivity index (χ0v) is 15.8. The minimum Gasteiger partial charge on any atom is -0.497 e. The third kappa shape index (κ3) is 5.76. The molecule has 0 aliphatic heterocycles. The average molecular weight is 350 g/mol. The molecule has 0 N–H and O–H groups in total. The van der Waals surface area contributed by atoms with Crippen LogP contribution in [0.1, 0.15) is 59.3 Å². The highest BCUT2D eigenvalue weighted by molar-refractivity contribution is 6.00. The third-order valence-electron chi connectivity index (χ3n) is 4.47. The number of ether oxygens (including phenoxy) is 3. The molecule has 5 heteroatoms. The van der Waals surface area contributed by atoms with Crippen molar-refractivity contribution in [2.24, 2.45) is 5.41 Å². The highest BCUT2D eigenvalue weighted by Gasteiger charge is 2.46. The summed E-state index contributed by atoms with van der Waals surface area (Å²) in [5.41, 5.74) is -1.27. The molecule has 0 saturated carbocycles. The summed E-state index contributed by atoms with van der Waals surface area (Å²) in [7, 11) is 1.54. The summed E-state index contributed by atoms with van der Waals surface area (Å²) in [5.74, 6) is -0.139. The van der Waals surface area contributed by atoms with Gasteiger partial charge in [0.25, 0.3) is 0 Å². The van der Waals surface area contributed by atoms with E-state index in [2.05, 4.69) is 6.92 Å². The number of unbranched alkanes of at least 4 members (excludes halogenated alkanes) is 3. The zero-order valence-electron chi connectivity index (χ0n) is 15.8. The molecule has 25 heavy (non-hydrogen) atoms. The quantitative estimate of drug-likeness (QED) is 0.254. The SMILES string of the molecule is CCCCCCOC(=O)C(CC)(CC)C(=O)Oc1cccc(OC)c1. The summed E-state index contributed by atoms with van der Waals surface area (Å²) >= 11 is 0. The van der Waals surface area contributed by atoms with E-state index in [0.717, 1.165) is 25.7 Å². The maximum atomic E-state index is 12.7. The van der Waals surface area contributed by atoms with Gasteiger partial charge in [0.15, 0.2) is 5.41 Å². The van der Waals surface area contributed by atoms with Gasteiger partial charge in [-0.1, -0.05) is 46.1 Å². The Kier molecular flexibility index (Phi) is 9.03. The number of rotatable bonds is 11. The largest absolute Gasteiger partial charge is 0.497 e. The maximum absolute atomic E-state index is 12.7. The monoisotopic (exact) mass is 350 g/mol. The van der Waals surface area contributed by atoms with Gasteiger partial charge in [-0.25, -0.2) is 0 Å². The molecular weight excluding hydrogens is 320 g/mol. The van der Waals surface area contributed by atoms with E-state index in [9.17, 15) is 9.59 Å². The first-order valence-corrected chi connectivity index (χ1v) is 9.07. The normalized spacial score (nSPS) is 11.0. The molecule has 5 nitrogen and oxygen atoms in total. The molecule has 0 radical (unpaired) electrons. The van der Waals surface area contributed by atoms with Crippen molar-refractivity contribution in [3.8, 4) is 11.5 Å². The molecule has 0 saturated heterocycles. The predicted molar refractivity (Wildman–Crippen MR) is 96.7 cm³/mol. The summed E-state index contributed by atoms with van der Waals surface area (Å²) in [6.45, 7) is 6.07. The van der Waals surface area contributed by atoms with Crippen LogP contribution in [-0.4, -0.2) is 25.7 Å². The van der Waals surface area contributed by atoms with Crippen molar-refractivity contribution in [2.45, 2.75) is 59.3 Å². The van der Waals surface area contributed by atoms with Crippen LogP contribution in [0.5, 0.6) is 11.5 Å². The van der Waals surface area contributed by atoms with Crippen molar-refractivity contribution in [2.75, 3.05) is 13.7 Å². The Morgan fingerprint density at radius 1 is 0.960 bits per heavy atom. The molecule has 0 spiro atoms. The Labute approximate surface area is 150 Å². The fraction of sp³-hybridized carbons (Fsp3) is 0.600. The Morgan fingerprint density at radius 2 is 1.64 bits per heavy atom. The highest BCUT2D eigenvalue weighted by Crippen LogP contribution is 2.31. The molecule has 0 aliphatic rings. The number of hydrogen-bond donors (Lipinski definition) is 0. The van der Waals surface area contributed by atoms with E-state index in [-0.39, 0.29) is 0 Å². The van der Waals surface area contributed by atoms with E-state index in [0.29, 0.717) is 30.9 Å². The summed E-state index contributed by atoms with van der Waals surface area (Å²) in [5, 5.41) is 0. The van der Waals surface area contributed by atoms with Gasteiger partial charge in [-0.05, 0) is 31.4 Å². The van der Waals surface area contributed by atoms with Gasteiger partial charge in [0.05, 0.1) is 13.7 Å². The van der Waals surface area contributed by atoms with Crippen molar-refractivity contribution in [1.82, 2.24) is 0 Å². The average Bonchev–Trinajstić information content (AvgIpc) is 2.63. The molecule has 0 aliphatic carbocycles. The van der Waals surface area contributed by atoms with Crippen LogP contribution in [0.2, 0.25) is 0 Å². The first-order chi connectivity index (χ1) is 12.0. The molecule has 0 aromatic heterocycles. The fourth-order valence-corrected chi connectivity index (χ4v) is 2.61. The number of hydrogen-bond acceptors (Lipinski definition) is 5. The van der Waals surface area contributed by atoms with Gasteiger partial charge in [-0.15, -0.1) is 0 Å². The smallest absolute Gasteiger partial charge is 0.328 e. The van der Waals surface area contributed by atoms with Gasteiger partial charge in [-0.2, -0.15) is 0 Å². The Balaban J connectivity index is 2.77. The van der Waals surface area contributed by atoms with Crippen LogP contribution in [-0.2, 0) is 14.3 Å². The molecule has 0 heterocycles. The van der Waals surface area contributed by atoms with Crippen LogP contribution < -0.4 is 9.47 Å². The fourth-order valence-electron chi connectivity index (χ4n) is 2.61. The molecule has 0 fully saturated rings. The molecule has 1 aromatic carbocycles. The van der Waals surface area contributed by atoms with Crippen LogP contribution in [0.3, 0.4) is 0 Å². The summed E-state index contributed by atoms with van der Waals surface area (Å²) in [6.07, 6.45) is 4.73. The van der Waals surface area contributed by atoms with E-state index >= 15 is 0 Å². The molecule has 0 unspecified atom stereocenters. The van der Waals surface area contributed by atoms with Crippen LogP contribution >= 0.6 is 0 Å². The Morgan fingerprint density at radius 3 is 2.24 bits per heavy atom. The Hall–Kier alpha value is -2.04. The lowest BCUT2D eigenvalue weighted by molar-refractivity contribution is -0.168. The lowest BCUT2D eigenvalue weighted by Crippen LogP contribution is -2.42. The minimum absolute atomic E-state index is 0.333. The van der Waals surface area contributed by atoms with Crippen molar-refractivity contribution in [3.63, 3.8) is 0 Å². The van der Waals surface area contributed by atoms with Gasteiger partial charge in [0, 0.05) is 6.07 Å². The van der Waals surface area contributed by atoms with Crippen molar-refractivity contribution in [3.05, 3.63) is 24.3 Å². The number of methoxy groups -OCH3 is 1. The third-order valence-corrected chi connectivity index (χ3v) is 4.47. The van der Waals surface area contributed by atoms with Crippen LogP contribution in [0.4, 0.5) is 0 Å². The van der Waals surface area contributed by atoms with Gasteiger partial charge in [0.2, 0.25) is 0 Å². The molecular formula is C20H30O5. The van der Waals surface area contributed by atoms with Crippen molar-refractivity contribution >= 4 is 11.9 Å². The van der Waals surface area contributed by atoms with Crippen LogP contribution in [0, 0.1) is 5.41 Å². The molecule has 0 bridgehead atoms. The molecule has 0 atom stereocenters. The molecule has 1 aromatic rings. The van der Waals surface area contributed by atoms with E-state index in [4.69, 9.17) is 14.2 Å². The predicted octanol–water partition coefficient (Wildman–Crippen LogP) is 4.53. The number of carbonyl (C=O) groups is 2. The van der Waals surface area contributed by atoms with Crippen LogP contribution in [0.15, 0.2) is 24.3 Å². The van der Waals surface area contributed by atoms with Gasteiger partial charge < -0.3 is 14.2 Å². The zero-order chi connectivity index (χ0) is 18.7. The van der Waals surface area contributed by atoms with Gasteiger partial charge >= 0.3 is 11.9 Å². The maximum Gasteiger partial charge on any atom is 0.328 e. The van der Waals surface area contributed by atoms with Gasteiger partial charge in [-0.3, -0.25) is 9.59 Å². The number of benzene rings is 1. The number of esters is 2. The summed E-state index contributed by atoms with van der Waals surface area (Å²) < 4.78 is 16.0. The van der Waals surface area contributed by atoms with Gasteiger partial charge in [0.1, 0.15) is 11.5 Å².